The van der Waals surface area contributed by atoms with Crippen LogP contribution >= 0.6 is 11.8 Å². The van der Waals surface area contributed by atoms with Crippen molar-refractivity contribution in [2.75, 3.05) is 12.9 Å². The van der Waals surface area contributed by atoms with Gasteiger partial charge in [0.05, 0.1) is 11.5 Å². The average Bonchev–Trinajstić information content (AvgIpc) is 3.15. The Morgan fingerprint density at radius 3 is 2.27 bits per heavy atom. The van der Waals surface area contributed by atoms with Gasteiger partial charge in [-0.05, 0) is 41.0 Å². The summed E-state index contributed by atoms with van der Waals surface area (Å²) in [5.41, 5.74) is 2.62. The Bertz CT molecular complexity index is 1010. The van der Waals surface area contributed by atoms with Gasteiger partial charge in [-0.15, -0.1) is 11.8 Å². The zero-order valence-corrected chi connectivity index (χ0v) is 15.4. The lowest BCUT2D eigenvalue weighted by atomic mass is 9.90. The van der Waals surface area contributed by atoms with Crippen LogP contribution in [0.4, 0.5) is 4.39 Å². The van der Waals surface area contributed by atoms with Crippen LogP contribution in [0.1, 0.15) is 11.1 Å². The van der Waals surface area contributed by atoms with Crippen LogP contribution in [0.5, 0.6) is 0 Å². The summed E-state index contributed by atoms with van der Waals surface area (Å²) in [4.78, 5) is 13.2. The Balaban J connectivity index is 1.83. The monoisotopic (exact) mass is 390 g/mol. The molecule has 0 aromatic heterocycles. The van der Waals surface area contributed by atoms with Gasteiger partial charge in [0.2, 0.25) is 0 Å². The third kappa shape index (κ3) is 2.95. The Morgan fingerprint density at radius 1 is 1.04 bits per heavy atom. The number of sulfone groups is 1. The van der Waals surface area contributed by atoms with Gasteiger partial charge in [-0.1, -0.05) is 24.3 Å². The summed E-state index contributed by atoms with van der Waals surface area (Å²) in [5.74, 6) is -0.671. The standard InChI is InChI=1S/C19H15FO4S2/c1-26(22,23)14-8-4-11(5-9-14)16-15-10-24-19(21)18(15)25-17(16)12-2-6-13(20)7-3-12/h2-9,15,18H,10H2,1H3. The molecule has 2 aliphatic rings. The SMILES string of the molecule is CS(=O)(=O)c1ccc(C2=C(c3ccc(F)cc3)SC3C(=O)OCC23)cc1. The first kappa shape index (κ1) is 17.3. The molecule has 1 fully saturated rings. The van der Waals surface area contributed by atoms with E-state index in [9.17, 15) is 17.6 Å². The first-order valence-corrected chi connectivity index (χ1v) is 10.8. The molecule has 0 bridgehead atoms. The third-order valence-corrected chi connectivity index (χ3v) is 7.16. The van der Waals surface area contributed by atoms with Crippen LogP contribution in [0.2, 0.25) is 0 Å². The second kappa shape index (κ2) is 6.25. The first-order valence-electron chi connectivity index (χ1n) is 7.98. The molecule has 2 heterocycles. The summed E-state index contributed by atoms with van der Waals surface area (Å²) in [6.07, 6.45) is 1.16. The predicted molar refractivity (Wildman–Crippen MR) is 98.6 cm³/mol. The molecule has 134 valence electrons. The van der Waals surface area contributed by atoms with E-state index in [0.717, 1.165) is 27.9 Å². The summed E-state index contributed by atoms with van der Waals surface area (Å²) in [5, 5.41) is -0.320. The molecular formula is C19H15FO4S2. The summed E-state index contributed by atoms with van der Waals surface area (Å²) < 4.78 is 41.9. The zero-order chi connectivity index (χ0) is 18.5. The normalized spacial score (nSPS) is 22.5. The van der Waals surface area contributed by atoms with E-state index in [2.05, 4.69) is 0 Å². The third-order valence-electron chi connectivity index (χ3n) is 4.56. The van der Waals surface area contributed by atoms with Crippen LogP contribution in [0.15, 0.2) is 53.4 Å². The molecule has 0 aliphatic carbocycles. The van der Waals surface area contributed by atoms with Crippen molar-refractivity contribution in [2.24, 2.45) is 5.92 Å². The van der Waals surface area contributed by atoms with Gasteiger partial charge in [-0.3, -0.25) is 4.79 Å². The molecule has 2 unspecified atom stereocenters. The van der Waals surface area contributed by atoms with E-state index in [1.54, 1.807) is 36.4 Å². The van der Waals surface area contributed by atoms with E-state index < -0.39 is 9.84 Å². The quantitative estimate of drug-likeness (QED) is 0.752. The maximum Gasteiger partial charge on any atom is 0.320 e. The van der Waals surface area contributed by atoms with Crippen molar-refractivity contribution in [3.63, 3.8) is 0 Å². The van der Waals surface area contributed by atoms with Crippen molar-refractivity contribution in [1.82, 2.24) is 0 Å². The minimum absolute atomic E-state index is 0.100. The molecule has 4 rings (SSSR count). The number of rotatable bonds is 3. The van der Waals surface area contributed by atoms with Crippen LogP contribution in [0.3, 0.4) is 0 Å². The van der Waals surface area contributed by atoms with Gasteiger partial charge in [0, 0.05) is 17.1 Å². The fourth-order valence-corrected chi connectivity index (χ4v) is 5.38. The van der Waals surface area contributed by atoms with Crippen LogP contribution in [0, 0.1) is 11.7 Å². The fourth-order valence-electron chi connectivity index (χ4n) is 3.28. The predicted octanol–water partition coefficient (Wildman–Crippen LogP) is 3.39. The number of carbonyl (C=O) groups is 1. The second-order valence-electron chi connectivity index (χ2n) is 6.32. The highest BCUT2D eigenvalue weighted by molar-refractivity contribution is 8.10. The Morgan fingerprint density at radius 2 is 1.65 bits per heavy atom. The average molecular weight is 390 g/mol. The van der Waals surface area contributed by atoms with Crippen LogP contribution < -0.4 is 0 Å². The molecule has 1 saturated heterocycles. The topological polar surface area (TPSA) is 60.4 Å². The molecule has 0 amide bonds. The lowest BCUT2D eigenvalue weighted by molar-refractivity contribution is -0.137. The number of halogens is 1. The van der Waals surface area contributed by atoms with Crippen molar-refractivity contribution in [3.05, 3.63) is 65.5 Å². The molecule has 0 spiro atoms. The van der Waals surface area contributed by atoms with E-state index in [4.69, 9.17) is 4.74 Å². The van der Waals surface area contributed by atoms with E-state index in [-0.39, 0.29) is 27.8 Å². The van der Waals surface area contributed by atoms with Crippen molar-refractivity contribution >= 4 is 38.0 Å². The highest BCUT2D eigenvalue weighted by atomic mass is 32.2. The minimum Gasteiger partial charge on any atom is -0.464 e. The van der Waals surface area contributed by atoms with Gasteiger partial charge in [-0.25, -0.2) is 12.8 Å². The van der Waals surface area contributed by atoms with Gasteiger partial charge >= 0.3 is 5.97 Å². The zero-order valence-electron chi connectivity index (χ0n) is 13.8. The molecule has 0 saturated carbocycles. The molecule has 0 radical (unpaired) electrons. The van der Waals surface area contributed by atoms with E-state index in [1.807, 2.05) is 0 Å². The fraction of sp³-hybridized carbons (Fsp3) is 0.211. The van der Waals surface area contributed by atoms with Crippen molar-refractivity contribution in [3.8, 4) is 0 Å². The van der Waals surface area contributed by atoms with Gasteiger partial charge < -0.3 is 4.74 Å². The molecule has 26 heavy (non-hydrogen) atoms. The van der Waals surface area contributed by atoms with Gasteiger partial charge in [0.15, 0.2) is 9.84 Å². The minimum atomic E-state index is -3.28. The number of ether oxygens (including phenoxy) is 1. The molecule has 0 N–H and O–H groups in total. The van der Waals surface area contributed by atoms with Gasteiger partial charge in [0.1, 0.15) is 11.1 Å². The lowest BCUT2D eigenvalue weighted by Gasteiger charge is -2.13. The van der Waals surface area contributed by atoms with Crippen molar-refractivity contribution in [1.29, 1.82) is 0 Å². The van der Waals surface area contributed by atoms with Gasteiger partial charge in [0.25, 0.3) is 0 Å². The molecule has 2 atom stereocenters. The van der Waals surface area contributed by atoms with Gasteiger partial charge in [-0.2, -0.15) is 0 Å². The van der Waals surface area contributed by atoms with Crippen LogP contribution in [-0.4, -0.2) is 32.5 Å². The summed E-state index contributed by atoms with van der Waals surface area (Å²) in [6, 6.07) is 12.8. The van der Waals surface area contributed by atoms with E-state index in [0.29, 0.717) is 6.61 Å². The highest BCUT2D eigenvalue weighted by Crippen LogP contribution is 2.54. The number of hydrogen-bond acceptors (Lipinski definition) is 5. The second-order valence-corrected chi connectivity index (χ2v) is 9.49. The molecule has 2 aromatic carbocycles. The number of fused-ring (bicyclic) bond motifs is 1. The lowest BCUT2D eigenvalue weighted by Crippen LogP contribution is -2.15. The smallest absolute Gasteiger partial charge is 0.320 e. The number of hydrogen-bond donors (Lipinski definition) is 0. The number of cyclic esters (lactones) is 1. The van der Waals surface area contributed by atoms with Crippen LogP contribution in [-0.2, 0) is 19.4 Å². The molecule has 7 heteroatoms. The highest BCUT2D eigenvalue weighted by Gasteiger charge is 2.46. The molecular weight excluding hydrogens is 375 g/mol. The maximum atomic E-state index is 13.3. The van der Waals surface area contributed by atoms with Crippen molar-refractivity contribution in [2.45, 2.75) is 10.1 Å². The summed E-state index contributed by atoms with van der Waals surface area (Å²) in [7, 11) is -3.28. The molecule has 2 aliphatic heterocycles. The van der Waals surface area contributed by atoms with E-state index in [1.165, 1.54) is 23.9 Å². The molecule has 2 aromatic rings. The van der Waals surface area contributed by atoms with Crippen molar-refractivity contribution < 1.29 is 22.3 Å². The Hall–Kier alpha value is -2.12. The Labute approximate surface area is 155 Å². The summed E-state index contributed by atoms with van der Waals surface area (Å²) in [6.45, 7) is 0.296. The molecule has 4 nitrogen and oxygen atoms in total. The first-order chi connectivity index (χ1) is 12.3. The van der Waals surface area contributed by atoms with E-state index >= 15 is 0 Å². The largest absolute Gasteiger partial charge is 0.464 e. The Kier molecular flexibility index (Phi) is 4.16. The number of thioether (sulfide) groups is 1. The number of esters is 1. The van der Waals surface area contributed by atoms with Crippen LogP contribution in [0.25, 0.3) is 10.5 Å². The number of carbonyl (C=O) groups excluding carboxylic acids is 1. The maximum absolute atomic E-state index is 13.3. The summed E-state index contributed by atoms with van der Waals surface area (Å²) >= 11 is 1.43. The number of benzene rings is 2.